The minimum Gasteiger partial charge on any atom is -0.439 e. The molecule has 2 aromatic heterocycles. The lowest BCUT2D eigenvalue weighted by atomic mass is 10.1. The first-order chi connectivity index (χ1) is 17.8. The van der Waals surface area contributed by atoms with Crippen LogP contribution in [0.5, 0.6) is 11.6 Å². The van der Waals surface area contributed by atoms with Crippen LogP contribution in [0.4, 0.5) is 0 Å². The molecule has 0 bridgehead atoms. The lowest BCUT2D eigenvalue weighted by Gasteiger charge is -2.07. The molecule has 0 saturated heterocycles. The van der Waals surface area contributed by atoms with Crippen LogP contribution in [0.25, 0.3) is 0 Å². The van der Waals surface area contributed by atoms with Crippen molar-refractivity contribution < 1.29 is 17.4 Å². The van der Waals surface area contributed by atoms with Crippen molar-refractivity contribution in [3.63, 3.8) is 0 Å². The Balaban J connectivity index is 0.000000363. The van der Waals surface area contributed by atoms with Gasteiger partial charge in [0.05, 0.1) is 16.4 Å². The van der Waals surface area contributed by atoms with E-state index in [2.05, 4.69) is 34.0 Å². The Hall–Kier alpha value is -3.33. The van der Waals surface area contributed by atoms with Crippen molar-refractivity contribution in [3.05, 3.63) is 112 Å². The van der Waals surface area contributed by atoms with Crippen LogP contribution in [0.1, 0.15) is 35.9 Å². The van der Waals surface area contributed by atoms with Gasteiger partial charge in [0.1, 0.15) is 12.1 Å². The van der Waals surface area contributed by atoms with E-state index in [0.717, 1.165) is 42.6 Å². The SMILES string of the molecule is CCc1ncnc(CCCc2ccc(Oc3ccc(Cl)cc3)nc2)c1Cl.Cc1ccccc1.O=S(=O)=O. The Morgan fingerprint density at radius 3 is 2.00 bits per heavy atom. The molecular formula is C27H27Cl2N3O4S. The average Bonchev–Trinajstić information content (AvgIpc) is 2.88. The van der Waals surface area contributed by atoms with E-state index < -0.39 is 10.6 Å². The van der Waals surface area contributed by atoms with Gasteiger partial charge in [-0.25, -0.2) is 15.0 Å². The zero-order chi connectivity index (χ0) is 27.0. The highest BCUT2D eigenvalue weighted by Gasteiger charge is 2.08. The summed E-state index contributed by atoms with van der Waals surface area (Å²) >= 11 is 12.2. The van der Waals surface area contributed by atoms with Gasteiger partial charge >= 0.3 is 10.6 Å². The summed E-state index contributed by atoms with van der Waals surface area (Å²) in [6.07, 6.45) is 6.90. The molecule has 0 radical (unpaired) electrons. The molecule has 0 fully saturated rings. The highest BCUT2D eigenvalue weighted by atomic mass is 35.5. The van der Waals surface area contributed by atoms with Gasteiger partial charge < -0.3 is 4.74 Å². The average molecular weight is 561 g/mol. The van der Waals surface area contributed by atoms with Crippen molar-refractivity contribution in [2.75, 3.05) is 0 Å². The van der Waals surface area contributed by atoms with Crippen molar-refractivity contribution >= 4 is 33.8 Å². The first kappa shape index (κ1) is 29.9. The molecule has 7 nitrogen and oxygen atoms in total. The summed E-state index contributed by atoms with van der Waals surface area (Å²) in [6, 6.07) is 21.4. The van der Waals surface area contributed by atoms with Crippen LogP contribution in [-0.2, 0) is 29.9 Å². The molecule has 0 amide bonds. The second-order valence-corrected chi connectivity index (χ2v) is 8.93. The fourth-order valence-electron chi connectivity index (χ4n) is 3.11. The van der Waals surface area contributed by atoms with Crippen molar-refractivity contribution in [2.24, 2.45) is 0 Å². The van der Waals surface area contributed by atoms with Gasteiger partial charge in [0.2, 0.25) is 5.88 Å². The van der Waals surface area contributed by atoms with Gasteiger partial charge in [-0.05, 0) is 62.4 Å². The topological polar surface area (TPSA) is 99.1 Å². The molecule has 4 aromatic rings. The van der Waals surface area contributed by atoms with E-state index in [1.165, 1.54) is 5.56 Å². The van der Waals surface area contributed by atoms with Crippen LogP contribution in [0, 0.1) is 6.92 Å². The summed E-state index contributed by atoms with van der Waals surface area (Å²) in [5, 5.41) is 1.37. The number of halogens is 2. The van der Waals surface area contributed by atoms with E-state index >= 15 is 0 Å². The van der Waals surface area contributed by atoms with Gasteiger partial charge in [0, 0.05) is 17.3 Å². The molecule has 0 aliphatic heterocycles. The second-order valence-electron chi connectivity index (χ2n) is 7.71. The minimum absolute atomic E-state index is 0.558. The van der Waals surface area contributed by atoms with Crippen LogP contribution < -0.4 is 4.74 Å². The molecule has 0 spiro atoms. The van der Waals surface area contributed by atoms with E-state index in [4.69, 9.17) is 40.6 Å². The Labute approximate surface area is 228 Å². The van der Waals surface area contributed by atoms with Crippen LogP contribution in [-0.4, -0.2) is 27.6 Å². The third-order valence-electron chi connectivity index (χ3n) is 4.92. The molecule has 0 saturated carbocycles. The summed E-state index contributed by atoms with van der Waals surface area (Å²) in [7, 11) is -3.11. The monoisotopic (exact) mass is 559 g/mol. The summed E-state index contributed by atoms with van der Waals surface area (Å²) in [6.45, 7) is 4.12. The number of pyridine rings is 1. The molecule has 0 unspecified atom stereocenters. The maximum Gasteiger partial charge on any atom is 0.425 e. The molecule has 4 rings (SSSR count). The number of benzene rings is 2. The van der Waals surface area contributed by atoms with E-state index in [1.807, 2.05) is 55.6 Å². The largest absolute Gasteiger partial charge is 0.439 e. The standard InChI is InChI=1S/C20H19Cl2N3O.C7H8.O3S/c1-2-17-20(22)18(25-13-24-17)5-3-4-14-6-11-19(23-12-14)26-16-9-7-15(21)8-10-16;1-7-5-3-2-4-6-7;1-4(2)3/h6-13H,2-5H2,1H3;2-6H,1H3;. The number of ether oxygens (including phenoxy) is 1. The molecule has 0 atom stereocenters. The predicted molar refractivity (Wildman–Crippen MR) is 145 cm³/mol. The van der Waals surface area contributed by atoms with Gasteiger partial charge in [0.15, 0.2) is 0 Å². The van der Waals surface area contributed by atoms with Gasteiger partial charge in [-0.3, -0.25) is 0 Å². The predicted octanol–water partition coefficient (Wildman–Crippen LogP) is 6.70. The molecule has 2 heterocycles. The van der Waals surface area contributed by atoms with Crippen LogP contribution in [0.2, 0.25) is 10.0 Å². The fraction of sp³-hybridized carbons (Fsp3) is 0.222. The first-order valence-corrected chi connectivity index (χ1v) is 13.2. The lowest BCUT2D eigenvalue weighted by molar-refractivity contribution is 0.462. The number of nitrogens with zero attached hydrogens (tertiary/aromatic N) is 3. The Kier molecular flexibility index (Phi) is 13.3. The Morgan fingerprint density at radius 2 is 1.46 bits per heavy atom. The minimum atomic E-state index is -3.11. The number of rotatable bonds is 7. The van der Waals surface area contributed by atoms with Gasteiger partial charge in [-0.2, -0.15) is 0 Å². The maximum atomic E-state index is 8.44. The molecule has 0 aliphatic rings. The normalized spacial score (nSPS) is 9.84. The summed E-state index contributed by atoms with van der Waals surface area (Å²) in [4.78, 5) is 12.9. The van der Waals surface area contributed by atoms with E-state index in [-0.39, 0.29) is 0 Å². The zero-order valence-corrected chi connectivity index (χ0v) is 22.8. The highest BCUT2D eigenvalue weighted by molar-refractivity contribution is 7.59. The van der Waals surface area contributed by atoms with E-state index in [9.17, 15) is 0 Å². The molecule has 10 heteroatoms. The highest BCUT2D eigenvalue weighted by Crippen LogP contribution is 2.22. The number of aromatic nitrogens is 3. The van der Waals surface area contributed by atoms with Crippen LogP contribution >= 0.6 is 23.2 Å². The van der Waals surface area contributed by atoms with Crippen LogP contribution in [0.15, 0.2) is 79.3 Å². The van der Waals surface area contributed by atoms with Gasteiger partial charge in [0.25, 0.3) is 0 Å². The molecule has 0 N–H and O–H groups in total. The van der Waals surface area contributed by atoms with E-state index in [1.54, 1.807) is 18.5 Å². The zero-order valence-electron chi connectivity index (χ0n) is 20.5. The molecule has 0 aliphatic carbocycles. The van der Waals surface area contributed by atoms with Gasteiger partial charge in [-0.1, -0.05) is 72.1 Å². The first-order valence-electron chi connectivity index (χ1n) is 11.4. The third kappa shape index (κ3) is 12.0. The van der Waals surface area contributed by atoms with Crippen LogP contribution in [0.3, 0.4) is 0 Å². The smallest absolute Gasteiger partial charge is 0.425 e. The Morgan fingerprint density at radius 1 is 0.811 bits per heavy atom. The van der Waals surface area contributed by atoms with Crippen molar-refractivity contribution in [2.45, 2.75) is 39.5 Å². The third-order valence-corrected chi connectivity index (χ3v) is 5.61. The maximum absolute atomic E-state index is 8.44. The lowest BCUT2D eigenvalue weighted by Crippen LogP contribution is -1.99. The number of hydrogen-bond acceptors (Lipinski definition) is 7. The van der Waals surface area contributed by atoms with Crippen molar-refractivity contribution in [1.82, 2.24) is 15.0 Å². The molecule has 37 heavy (non-hydrogen) atoms. The second kappa shape index (κ2) is 16.4. The van der Waals surface area contributed by atoms with Crippen molar-refractivity contribution in [1.29, 1.82) is 0 Å². The van der Waals surface area contributed by atoms with Crippen molar-refractivity contribution in [3.8, 4) is 11.6 Å². The van der Waals surface area contributed by atoms with Gasteiger partial charge in [-0.15, -0.1) is 12.6 Å². The molecule has 194 valence electrons. The molecular weight excluding hydrogens is 533 g/mol. The van der Waals surface area contributed by atoms with E-state index in [0.29, 0.717) is 21.7 Å². The fourth-order valence-corrected chi connectivity index (χ4v) is 3.56. The summed E-state index contributed by atoms with van der Waals surface area (Å²) < 4.78 is 31.0. The number of aryl methyl sites for hydroxylation is 4. The summed E-state index contributed by atoms with van der Waals surface area (Å²) in [5.74, 6) is 1.27. The molecule has 2 aromatic carbocycles. The summed E-state index contributed by atoms with van der Waals surface area (Å²) in [5.41, 5.74) is 4.29. The Bertz CT molecular complexity index is 1330. The quantitative estimate of drug-likeness (QED) is 0.248. The number of hydrogen-bond donors (Lipinski definition) is 0.